The van der Waals surface area contributed by atoms with Gasteiger partial charge in [0.2, 0.25) is 0 Å². The SMILES string of the molecule is CCC(C)NC(=O)c1cc(Br)cn1C(C)C. The Morgan fingerprint density at radius 1 is 1.50 bits per heavy atom. The highest BCUT2D eigenvalue weighted by Gasteiger charge is 2.15. The van der Waals surface area contributed by atoms with E-state index in [4.69, 9.17) is 0 Å². The van der Waals surface area contributed by atoms with Crippen molar-refractivity contribution < 1.29 is 4.79 Å². The van der Waals surface area contributed by atoms with E-state index in [2.05, 4.69) is 42.0 Å². The zero-order valence-corrected chi connectivity index (χ0v) is 11.8. The number of halogens is 1. The number of rotatable bonds is 4. The van der Waals surface area contributed by atoms with Gasteiger partial charge in [0.25, 0.3) is 5.91 Å². The molecule has 90 valence electrons. The Morgan fingerprint density at radius 3 is 2.62 bits per heavy atom. The summed E-state index contributed by atoms with van der Waals surface area (Å²) in [5.41, 5.74) is 0.710. The number of amides is 1. The van der Waals surface area contributed by atoms with Gasteiger partial charge in [-0.2, -0.15) is 0 Å². The second-order valence-electron chi connectivity index (χ2n) is 4.33. The van der Waals surface area contributed by atoms with Gasteiger partial charge >= 0.3 is 0 Å². The van der Waals surface area contributed by atoms with Crippen LogP contribution in [0.4, 0.5) is 0 Å². The maximum absolute atomic E-state index is 12.0. The topological polar surface area (TPSA) is 34.0 Å². The van der Waals surface area contributed by atoms with Gasteiger partial charge in [-0.15, -0.1) is 0 Å². The minimum absolute atomic E-state index is 0.00579. The van der Waals surface area contributed by atoms with Crippen LogP contribution in [-0.4, -0.2) is 16.5 Å². The molecule has 1 rings (SSSR count). The predicted octanol–water partition coefficient (Wildman–Crippen LogP) is 3.36. The van der Waals surface area contributed by atoms with Crippen molar-refractivity contribution in [3.8, 4) is 0 Å². The third-order valence-electron chi connectivity index (χ3n) is 2.59. The molecule has 0 radical (unpaired) electrons. The van der Waals surface area contributed by atoms with Gasteiger partial charge in [0.15, 0.2) is 0 Å². The van der Waals surface area contributed by atoms with Gasteiger partial charge in [0.1, 0.15) is 5.69 Å². The van der Waals surface area contributed by atoms with Crippen LogP contribution in [-0.2, 0) is 0 Å². The van der Waals surface area contributed by atoms with E-state index in [9.17, 15) is 4.79 Å². The van der Waals surface area contributed by atoms with Crippen LogP contribution in [0.3, 0.4) is 0 Å². The van der Waals surface area contributed by atoms with Gasteiger partial charge in [-0.1, -0.05) is 6.92 Å². The molecule has 1 N–H and O–H groups in total. The Kier molecular flexibility index (Phi) is 4.59. The Bertz CT molecular complexity index is 371. The van der Waals surface area contributed by atoms with Crippen molar-refractivity contribution in [3.05, 3.63) is 22.4 Å². The molecule has 0 aromatic carbocycles. The largest absolute Gasteiger partial charge is 0.348 e. The first-order valence-electron chi connectivity index (χ1n) is 5.64. The maximum atomic E-state index is 12.0. The number of nitrogens with one attached hydrogen (secondary N) is 1. The summed E-state index contributed by atoms with van der Waals surface area (Å²) in [6, 6.07) is 2.35. The summed E-state index contributed by atoms with van der Waals surface area (Å²) in [5.74, 6) is -0.00579. The molecule has 0 bridgehead atoms. The zero-order valence-electron chi connectivity index (χ0n) is 10.2. The van der Waals surface area contributed by atoms with Crippen molar-refractivity contribution >= 4 is 21.8 Å². The van der Waals surface area contributed by atoms with E-state index >= 15 is 0 Å². The van der Waals surface area contributed by atoms with E-state index in [1.807, 2.05) is 23.8 Å². The molecular weight excluding hydrogens is 268 g/mol. The van der Waals surface area contributed by atoms with Crippen LogP contribution in [0.5, 0.6) is 0 Å². The molecule has 0 aliphatic heterocycles. The van der Waals surface area contributed by atoms with Crippen LogP contribution in [0, 0.1) is 0 Å². The van der Waals surface area contributed by atoms with E-state index in [1.165, 1.54) is 0 Å². The zero-order chi connectivity index (χ0) is 12.3. The first-order chi connectivity index (χ1) is 7.45. The fourth-order valence-electron chi connectivity index (χ4n) is 1.45. The molecule has 0 aliphatic rings. The highest BCUT2D eigenvalue weighted by atomic mass is 79.9. The third kappa shape index (κ3) is 3.11. The lowest BCUT2D eigenvalue weighted by Gasteiger charge is -2.15. The number of carbonyl (C=O) groups is 1. The van der Waals surface area contributed by atoms with E-state index in [1.54, 1.807) is 0 Å². The summed E-state index contributed by atoms with van der Waals surface area (Å²) in [6.45, 7) is 8.19. The van der Waals surface area contributed by atoms with Crippen LogP contribution in [0.25, 0.3) is 0 Å². The molecule has 1 atom stereocenters. The molecule has 1 aromatic rings. The molecule has 1 heterocycles. The van der Waals surface area contributed by atoms with Gasteiger partial charge in [0, 0.05) is 22.8 Å². The van der Waals surface area contributed by atoms with Crippen molar-refractivity contribution in [1.29, 1.82) is 0 Å². The lowest BCUT2D eigenvalue weighted by atomic mass is 10.2. The fraction of sp³-hybridized carbons (Fsp3) is 0.583. The minimum atomic E-state index is -0.00579. The maximum Gasteiger partial charge on any atom is 0.268 e. The number of aromatic nitrogens is 1. The molecule has 0 saturated carbocycles. The molecule has 0 fully saturated rings. The van der Waals surface area contributed by atoms with Gasteiger partial charge < -0.3 is 9.88 Å². The van der Waals surface area contributed by atoms with Crippen molar-refractivity contribution in [3.63, 3.8) is 0 Å². The van der Waals surface area contributed by atoms with Gasteiger partial charge in [-0.3, -0.25) is 4.79 Å². The molecule has 0 saturated heterocycles. The van der Waals surface area contributed by atoms with Crippen molar-refractivity contribution in [2.75, 3.05) is 0 Å². The highest BCUT2D eigenvalue weighted by Crippen LogP contribution is 2.19. The lowest BCUT2D eigenvalue weighted by molar-refractivity contribution is 0.0928. The molecule has 3 nitrogen and oxygen atoms in total. The summed E-state index contributed by atoms with van der Waals surface area (Å²) in [5, 5.41) is 2.97. The number of hydrogen-bond donors (Lipinski definition) is 1. The summed E-state index contributed by atoms with van der Waals surface area (Å²) in [7, 11) is 0. The molecule has 1 amide bonds. The third-order valence-corrected chi connectivity index (χ3v) is 3.03. The number of hydrogen-bond acceptors (Lipinski definition) is 1. The molecule has 0 spiro atoms. The van der Waals surface area contributed by atoms with Crippen LogP contribution in [0.1, 0.15) is 50.6 Å². The number of nitrogens with zero attached hydrogens (tertiary/aromatic N) is 1. The molecule has 1 aromatic heterocycles. The van der Waals surface area contributed by atoms with Crippen molar-refractivity contribution in [1.82, 2.24) is 9.88 Å². The average Bonchev–Trinajstić information content (AvgIpc) is 2.60. The Labute approximate surface area is 105 Å². The summed E-state index contributed by atoms with van der Waals surface area (Å²) in [4.78, 5) is 12.0. The summed E-state index contributed by atoms with van der Waals surface area (Å²) in [6.07, 6.45) is 2.88. The van der Waals surface area contributed by atoms with Crippen LogP contribution in [0.15, 0.2) is 16.7 Å². The van der Waals surface area contributed by atoms with Crippen LogP contribution < -0.4 is 5.32 Å². The predicted molar refractivity (Wildman–Crippen MR) is 69.7 cm³/mol. The smallest absolute Gasteiger partial charge is 0.268 e. The summed E-state index contributed by atoms with van der Waals surface area (Å²) >= 11 is 3.40. The Hall–Kier alpha value is -0.770. The van der Waals surface area contributed by atoms with Crippen molar-refractivity contribution in [2.45, 2.75) is 46.2 Å². The normalized spacial score (nSPS) is 12.9. The molecule has 1 unspecified atom stereocenters. The Balaban J connectivity index is 2.90. The standard InChI is InChI=1S/C12H19BrN2O/c1-5-9(4)14-12(16)11-6-10(13)7-15(11)8(2)3/h6-9H,5H2,1-4H3,(H,14,16). The van der Waals surface area contributed by atoms with E-state index in [0.717, 1.165) is 10.9 Å². The summed E-state index contributed by atoms with van der Waals surface area (Å²) < 4.78 is 2.91. The van der Waals surface area contributed by atoms with Gasteiger partial charge in [-0.05, 0) is 49.2 Å². The molecule has 0 aliphatic carbocycles. The van der Waals surface area contributed by atoms with Gasteiger partial charge in [-0.25, -0.2) is 0 Å². The molecule has 4 heteroatoms. The second kappa shape index (κ2) is 5.53. The average molecular weight is 287 g/mol. The van der Waals surface area contributed by atoms with Crippen LogP contribution >= 0.6 is 15.9 Å². The van der Waals surface area contributed by atoms with Crippen molar-refractivity contribution in [2.24, 2.45) is 0 Å². The highest BCUT2D eigenvalue weighted by molar-refractivity contribution is 9.10. The first-order valence-corrected chi connectivity index (χ1v) is 6.43. The Morgan fingerprint density at radius 2 is 2.12 bits per heavy atom. The molecular formula is C12H19BrN2O. The first kappa shape index (κ1) is 13.3. The second-order valence-corrected chi connectivity index (χ2v) is 5.24. The quantitative estimate of drug-likeness (QED) is 0.905. The van der Waals surface area contributed by atoms with E-state index in [-0.39, 0.29) is 18.0 Å². The van der Waals surface area contributed by atoms with Gasteiger partial charge in [0.05, 0.1) is 0 Å². The molecule has 16 heavy (non-hydrogen) atoms. The minimum Gasteiger partial charge on any atom is -0.348 e. The van der Waals surface area contributed by atoms with Crippen LogP contribution in [0.2, 0.25) is 0 Å². The fourth-order valence-corrected chi connectivity index (χ4v) is 1.89. The monoisotopic (exact) mass is 286 g/mol. The lowest BCUT2D eigenvalue weighted by Crippen LogP contribution is -2.33. The number of carbonyl (C=O) groups excluding carboxylic acids is 1. The van der Waals surface area contributed by atoms with E-state index in [0.29, 0.717) is 5.69 Å². The van der Waals surface area contributed by atoms with E-state index < -0.39 is 0 Å².